The zero-order valence-electron chi connectivity index (χ0n) is 16.4. The molecule has 0 aliphatic carbocycles. The Morgan fingerprint density at radius 1 is 1.19 bits per heavy atom. The first-order chi connectivity index (χ1) is 15.1. The third-order valence-electron chi connectivity index (χ3n) is 4.93. The van der Waals surface area contributed by atoms with Crippen LogP contribution < -0.4 is 14.8 Å². The number of benzene rings is 2. The van der Waals surface area contributed by atoms with E-state index in [1.807, 2.05) is 37.3 Å². The molecule has 0 bridgehead atoms. The summed E-state index contributed by atoms with van der Waals surface area (Å²) < 4.78 is 10.8. The maximum Gasteiger partial charge on any atom is 0.261 e. The normalized spacial score (nSPS) is 12.2. The Morgan fingerprint density at radius 2 is 2.00 bits per heavy atom. The number of nitrogens with one attached hydrogen (secondary N) is 2. The summed E-state index contributed by atoms with van der Waals surface area (Å²) in [6, 6.07) is 13.1. The van der Waals surface area contributed by atoms with Gasteiger partial charge in [0.25, 0.3) is 5.91 Å². The first-order valence-electron chi connectivity index (χ1n) is 9.52. The molecule has 2 aromatic heterocycles. The van der Waals surface area contributed by atoms with E-state index >= 15 is 0 Å². The van der Waals surface area contributed by atoms with E-state index in [1.165, 1.54) is 17.5 Å². The molecule has 0 spiro atoms. The number of rotatable bonds is 5. The summed E-state index contributed by atoms with van der Waals surface area (Å²) in [5.74, 6) is 1.24. The molecule has 9 heteroatoms. The lowest BCUT2D eigenvalue weighted by molar-refractivity contribution is 0.102. The molecular weight excluding hydrogens is 436 g/mol. The van der Waals surface area contributed by atoms with Crippen molar-refractivity contribution in [2.45, 2.75) is 13.3 Å². The zero-order valence-corrected chi connectivity index (χ0v) is 18.0. The standard InChI is InChI=1S/C22H17ClN4O3S/c1-12-19(9-13-2-7-17-18(8-13)30-11-29-17)31-22(25-12)26-21(28)16-10-24-27-20(16)14-3-5-15(23)6-4-14/h2-8,10H,9,11H2,1H3,(H,24,27)(H,25,26,28). The van der Waals surface area contributed by atoms with Crippen LogP contribution in [0, 0.1) is 6.92 Å². The highest BCUT2D eigenvalue weighted by Crippen LogP contribution is 2.34. The number of nitrogens with zero attached hydrogens (tertiary/aromatic N) is 2. The summed E-state index contributed by atoms with van der Waals surface area (Å²) in [5, 5.41) is 11.0. The Hall–Kier alpha value is -3.36. The molecular formula is C22H17ClN4O3S. The second-order valence-electron chi connectivity index (χ2n) is 7.01. The van der Waals surface area contributed by atoms with Gasteiger partial charge in [-0.15, -0.1) is 11.3 Å². The third kappa shape index (κ3) is 3.99. The second kappa shape index (κ2) is 8.05. The molecule has 2 N–H and O–H groups in total. The molecule has 0 saturated carbocycles. The Labute approximate surface area is 187 Å². The minimum absolute atomic E-state index is 0.251. The Balaban J connectivity index is 1.33. The molecule has 1 aliphatic rings. The quantitative estimate of drug-likeness (QED) is 0.441. The van der Waals surface area contributed by atoms with Crippen molar-refractivity contribution in [3.05, 3.63) is 75.4 Å². The second-order valence-corrected chi connectivity index (χ2v) is 8.53. The largest absolute Gasteiger partial charge is 0.454 e. The number of amides is 1. The van der Waals surface area contributed by atoms with Gasteiger partial charge in [-0.05, 0) is 36.8 Å². The number of hydrogen-bond donors (Lipinski definition) is 2. The molecule has 0 unspecified atom stereocenters. The van der Waals surface area contributed by atoms with Crippen molar-refractivity contribution in [2.24, 2.45) is 0 Å². The van der Waals surface area contributed by atoms with Crippen LogP contribution in [0.15, 0.2) is 48.7 Å². The smallest absolute Gasteiger partial charge is 0.261 e. The number of carbonyl (C=O) groups is 1. The van der Waals surface area contributed by atoms with Crippen molar-refractivity contribution in [1.29, 1.82) is 0 Å². The van der Waals surface area contributed by atoms with Gasteiger partial charge in [-0.2, -0.15) is 5.10 Å². The minimum Gasteiger partial charge on any atom is -0.454 e. The summed E-state index contributed by atoms with van der Waals surface area (Å²) in [6.45, 7) is 2.19. The summed E-state index contributed by atoms with van der Waals surface area (Å²) >= 11 is 7.41. The fourth-order valence-electron chi connectivity index (χ4n) is 3.34. The van der Waals surface area contributed by atoms with E-state index in [0.717, 1.165) is 33.2 Å². The van der Waals surface area contributed by atoms with Crippen LogP contribution >= 0.6 is 22.9 Å². The van der Waals surface area contributed by atoms with E-state index < -0.39 is 0 Å². The van der Waals surface area contributed by atoms with Crippen LogP contribution in [0.25, 0.3) is 11.3 Å². The van der Waals surface area contributed by atoms with Crippen LogP contribution in [0.2, 0.25) is 5.02 Å². The molecule has 156 valence electrons. The summed E-state index contributed by atoms with van der Waals surface area (Å²) in [5.41, 5.74) is 3.86. The molecule has 0 saturated heterocycles. The molecule has 2 aromatic carbocycles. The van der Waals surface area contributed by atoms with Crippen molar-refractivity contribution in [3.8, 4) is 22.8 Å². The number of aromatic amines is 1. The Kier molecular flexibility index (Phi) is 5.09. The average Bonchev–Trinajstić information content (AvgIpc) is 3.49. The van der Waals surface area contributed by atoms with E-state index in [0.29, 0.717) is 27.8 Å². The SMILES string of the molecule is Cc1nc(NC(=O)c2cn[nH]c2-c2ccc(Cl)cc2)sc1Cc1ccc2c(c1)OCO2. The highest BCUT2D eigenvalue weighted by Gasteiger charge is 2.19. The minimum atomic E-state index is -0.276. The number of fused-ring (bicyclic) bond motifs is 1. The number of halogens is 1. The first kappa shape index (κ1) is 19.6. The number of hydrogen-bond acceptors (Lipinski definition) is 6. The number of carbonyl (C=O) groups excluding carboxylic acids is 1. The van der Waals surface area contributed by atoms with Crippen molar-refractivity contribution in [2.75, 3.05) is 12.1 Å². The number of anilines is 1. The Bertz CT molecular complexity index is 1270. The van der Waals surface area contributed by atoms with Crippen molar-refractivity contribution in [1.82, 2.24) is 15.2 Å². The number of aryl methyl sites for hydroxylation is 1. The van der Waals surface area contributed by atoms with Gasteiger partial charge in [0.05, 0.1) is 23.1 Å². The van der Waals surface area contributed by atoms with Gasteiger partial charge in [0, 0.05) is 21.9 Å². The monoisotopic (exact) mass is 452 g/mol. The van der Waals surface area contributed by atoms with Gasteiger partial charge in [-0.25, -0.2) is 4.98 Å². The lowest BCUT2D eigenvalue weighted by atomic mass is 10.1. The summed E-state index contributed by atoms with van der Waals surface area (Å²) in [4.78, 5) is 18.5. The lowest BCUT2D eigenvalue weighted by Crippen LogP contribution is -2.12. The van der Waals surface area contributed by atoms with Gasteiger partial charge in [-0.1, -0.05) is 29.8 Å². The average molecular weight is 453 g/mol. The van der Waals surface area contributed by atoms with Crippen LogP contribution in [0.5, 0.6) is 11.5 Å². The van der Waals surface area contributed by atoms with Gasteiger partial charge in [0.2, 0.25) is 6.79 Å². The maximum absolute atomic E-state index is 12.9. The van der Waals surface area contributed by atoms with Gasteiger partial charge >= 0.3 is 0 Å². The van der Waals surface area contributed by atoms with Gasteiger partial charge in [0.15, 0.2) is 16.6 Å². The number of aromatic nitrogens is 3. The van der Waals surface area contributed by atoms with Crippen LogP contribution in [-0.4, -0.2) is 27.9 Å². The van der Waals surface area contributed by atoms with E-state index in [4.69, 9.17) is 21.1 Å². The number of ether oxygens (including phenoxy) is 2. The molecule has 0 radical (unpaired) electrons. The molecule has 1 aliphatic heterocycles. The topological polar surface area (TPSA) is 89.1 Å². The predicted molar refractivity (Wildman–Crippen MR) is 119 cm³/mol. The van der Waals surface area contributed by atoms with Crippen LogP contribution in [0.1, 0.15) is 26.5 Å². The van der Waals surface area contributed by atoms with Gasteiger partial charge < -0.3 is 9.47 Å². The van der Waals surface area contributed by atoms with Gasteiger partial charge in [0.1, 0.15) is 0 Å². The van der Waals surface area contributed by atoms with Crippen molar-refractivity contribution >= 4 is 34.0 Å². The summed E-state index contributed by atoms with van der Waals surface area (Å²) in [6.07, 6.45) is 2.20. The molecule has 0 atom stereocenters. The van der Waals surface area contributed by atoms with Crippen molar-refractivity contribution < 1.29 is 14.3 Å². The van der Waals surface area contributed by atoms with E-state index in [1.54, 1.807) is 12.1 Å². The molecule has 4 aromatic rings. The van der Waals surface area contributed by atoms with Crippen LogP contribution in [0.3, 0.4) is 0 Å². The molecule has 7 nitrogen and oxygen atoms in total. The first-order valence-corrected chi connectivity index (χ1v) is 10.7. The molecule has 31 heavy (non-hydrogen) atoms. The van der Waals surface area contributed by atoms with Crippen molar-refractivity contribution in [3.63, 3.8) is 0 Å². The maximum atomic E-state index is 12.9. The fraction of sp³-hybridized carbons (Fsp3) is 0.136. The molecule has 3 heterocycles. The predicted octanol–water partition coefficient (Wildman–Crippen LogP) is 5.07. The highest BCUT2D eigenvalue weighted by atomic mass is 35.5. The highest BCUT2D eigenvalue weighted by molar-refractivity contribution is 7.15. The number of thiazole rings is 1. The van der Waals surface area contributed by atoms with E-state index in [2.05, 4.69) is 20.5 Å². The Morgan fingerprint density at radius 3 is 2.84 bits per heavy atom. The third-order valence-corrected chi connectivity index (χ3v) is 6.26. The fourth-order valence-corrected chi connectivity index (χ4v) is 4.46. The van der Waals surface area contributed by atoms with E-state index in [-0.39, 0.29) is 12.7 Å². The van der Waals surface area contributed by atoms with Gasteiger partial charge in [-0.3, -0.25) is 15.2 Å². The molecule has 1 amide bonds. The zero-order chi connectivity index (χ0) is 21.4. The van der Waals surface area contributed by atoms with E-state index in [9.17, 15) is 4.79 Å². The van der Waals surface area contributed by atoms with Crippen LogP contribution in [-0.2, 0) is 6.42 Å². The summed E-state index contributed by atoms with van der Waals surface area (Å²) in [7, 11) is 0. The van der Waals surface area contributed by atoms with Crippen LogP contribution in [0.4, 0.5) is 5.13 Å². The molecule has 0 fully saturated rings. The number of H-pyrrole nitrogens is 1. The molecule has 5 rings (SSSR count). The lowest BCUT2D eigenvalue weighted by Gasteiger charge is -2.04.